The molecule has 2 amide bonds. The minimum absolute atomic E-state index is 0.0714. The zero-order chi connectivity index (χ0) is 23.2. The van der Waals surface area contributed by atoms with E-state index in [4.69, 9.17) is 4.74 Å². The predicted octanol–water partition coefficient (Wildman–Crippen LogP) is 1.81. The van der Waals surface area contributed by atoms with Gasteiger partial charge in [-0.15, -0.1) is 6.58 Å². The Morgan fingerprint density at radius 2 is 1.97 bits per heavy atom. The van der Waals surface area contributed by atoms with Gasteiger partial charge in [0.2, 0.25) is 11.8 Å². The van der Waals surface area contributed by atoms with E-state index in [1.54, 1.807) is 6.08 Å². The van der Waals surface area contributed by atoms with Crippen LogP contribution in [0.3, 0.4) is 0 Å². The second kappa shape index (κ2) is 8.78. The van der Waals surface area contributed by atoms with Gasteiger partial charge < -0.3 is 24.7 Å². The van der Waals surface area contributed by atoms with Crippen molar-refractivity contribution in [3.05, 3.63) is 12.7 Å². The molecule has 2 bridgehead atoms. The fourth-order valence-corrected chi connectivity index (χ4v) is 6.74. The predicted molar refractivity (Wildman–Crippen MR) is 117 cm³/mol. The quantitative estimate of drug-likeness (QED) is 0.549. The van der Waals surface area contributed by atoms with E-state index in [2.05, 4.69) is 6.58 Å². The molecule has 3 saturated heterocycles. The zero-order valence-corrected chi connectivity index (χ0v) is 19.1. The maximum absolute atomic E-state index is 14.2. The molecule has 6 atom stereocenters. The van der Waals surface area contributed by atoms with Gasteiger partial charge in [0.25, 0.3) is 0 Å². The van der Waals surface area contributed by atoms with Crippen molar-refractivity contribution in [3.8, 4) is 0 Å². The summed E-state index contributed by atoms with van der Waals surface area (Å²) in [5.74, 6) is -3.56. The first-order valence-electron chi connectivity index (χ1n) is 12.0. The molecular formula is C24H36N2O6. The first-order valence-corrected chi connectivity index (χ1v) is 12.0. The summed E-state index contributed by atoms with van der Waals surface area (Å²) in [4.78, 5) is 43.4. The maximum atomic E-state index is 14.2. The van der Waals surface area contributed by atoms with Crippen LogP contribution in [-0.2, 0) is 19.1 Å². The number of likely N-dealkylation sites (tertiary alicyclic amines) is 1. The van der Waals surface area contributed by atoms with Crippen molar-refractivity contribution in [2.75, 3.05) is 13.2 Å². The van der Waals surface area contributed by atoms with Gasteiger partial charge in [0, 0.05) is 12.6 Å². The van der Waals surface area contributed by atoms with Crippen LogP contribution in [0.25, 0.3) is 0 Å². The molecule has 1 saturated carbocycles. The van der Waals surface area contributed by atoms with Gasteiger partial charge in [-0.25, -0.2) is 0 Å². The highest BCUT2D eigenvalue weighted by Crippen LogP contribution is 2.59. The lowest BCUT2D eigenvalue weighted by Crippen LogP contribution is -2.61. The molecule has 4 fully saturated rings. The summed E-state index contributed by atoms with van der Waals surface area (Å²) >= 11 is 0. The first kappa shape index (κ1) is 23.2. The van der Waals surface area contributed by atoms with E-state index in [0.29, 0.717) is 19.4 Å². The number of hydrogen-bond acceptors (Lipinski definition) is 5. The van der Waals surface area contributed by atoms with Crippen molar-refractivity contribution in [1.29, 1.82) is 0 Å². The highest BCUT2D eigenvalue weighted by Gasteiger charge is 2.75. The number of carboxylic acids is 1. The lowest BCUT2D eigenvalue weighted by molar-refractivity contribution is -0.155. The van der Waals surface area contributed by atoms with Crippen molar-refractivity contribution >= 4 is 17.8 Å². The van der Waals surface area contributed by atoms with Crippen LogP contribution in [0.4, 0.5) is 0 Å². The van der Waals surface area contributed by atoms with E-state index < -0.39 is 41.6 Å². The monoisotopic (exact) mass is 448 g/mol. The Morgan fingerprint density at radius 3 is 2.53 bits per heavy atom. The summed E-state index contributed by atoms with van der Waals surface area (Å²) in [7, 11) is 0. The Bertz CT molecular complexity index is 778. The maximum Gasteiger partial charge on any atom is 0.310 e. The Balaban J connectivity index is 1.78. The minimum atomic E-state index is -1.14. The number of rotatable bonds is 8. The van der Waals surface area contributed by atoms with E-state index in [-0.39, 0.29) is 30.4 Å². The number of fused-ring (bicyclic) bond motifs is 1. The van der Waals surface area contributed by atoms with E-state index in [9.17, 15) is 24.6 Å². The molecule has 1 spiro atoms. The Hall–Kier alpha value is -1.93. The molecule has 0 aromatic rings. The smallest absolute Gasteiger partial charge is 0.310 e. The summed E-state index contributed by atoms with van der Waals surface area (Å²) in [5, 5.41) is 20.1. The zero-order valence-electron chi connectivity index (χ0n) is 19.1. The molecule has 1 aliphatic carbocycles. The standard InChI is InChI=1S/C24H36N2O6/c1-4-12-25(15-8-6-5-7-9-15)22(29)20-24-11-10-17(32-24)18(23(30)31)19(24)21(28)26(20)16(13-27)14(2)3/h4,14-20,27H,1,5-13H2,2-3H3,(H,30,31)/t16-,17+,18-,19-,20?,24?/m0/s1. The van der Waals surface area contributed by atoms with Crippen molar-refractivity contribution in [3.63, 3.8) is 0 Å². The van der Waals surface area contributed by atoms with Gasteiger partial charge in [-0.2, -0.15) is 0 Å². The molecule has 178 valence electrons. The van der Waals surface area contributed by atoms with Gasteiger partial charge in [-0.1, -0.05) is 39.2 Å². The van der Waals surface area contributed by atoms with Crippen molar-refractivity contribution < 1.29 is 29.3 Å². The molecule has 4 aliphatic rings. The third-order valence-corrected chi connectivity index (χ3v) is 8.20. The van der Waals surface area contributed by atoms with Crippen molar-refractivity contribution in [2.24, 2.45) is 17.8 Å². The Labute approximate surface area is 189 Å². The number of hydrogen-bond donors (Lipinski definition) is 2. The molecular weight excluding hydrogens is 412 g/mol. The normalized spacial score (nSPS) is 35.2. The lowest BCUT2D eigenvalue weighted by atomic mass is 9.70. The number of aliphatic hydroxyl groups is 1. The third kappa shape index (κ3) is 3.37. The van der Waals surface area contributed by atoms with Crippen molar-refractivity contribution in [1.82, 2.24) is 9.80 Å². The van der Waals surface area contributed by atoms with Gasteiger partial charge in [0.15, 0.2) is 0 Å². The molecule has 3 aliphatic heterocycles. The summed E-state index contributed by atoms with van der Waals surface area (Å²) in [6.45, 7) is 7.73. The summed E-state index contributed by atoms with van der Waals surface area (Å²) in [6, 6.07) is -1.43. The molecule has 8 heteroatoms. The number of carbonyl (C=O) groups is 3. The number of amides is 2. The molecule has 2 N–H and O–H groups in total. The van der Waals surface area contributed by atoms with Crippen LogP contribution >= 0.6 is 0 Å². The van der Waals surface area contributed by atoms with Crippen LogP contribution < -0.4 is 0 Å². The van der Waals surface area contributed by atoms with Crippen LogP contribution in [0, 0.1) is 17.8 Å². The average Bonchev–Trinajstić information content (AvgIpc) is 3.40. The average molecular weight is 449 g/mol. The Morgan fingerprint density at radius 1 is 1.28 bits per heavy atom. The third-order valence-electron chi connectivity index (χ3n) is 8.20. The summed E-state index contributed by atoms with van der Waals surface area (Å²) in [6.07, 6.45) is 7.24. The number of carboxylic acid groups (broad SMARTS) is 1. The summed E-state index contributed by atoms with van der Waals surface area (Å²) < 4.78 is 6.28. The number of aliphatic carboxylic acids is 1. The van der Waals surface area contributed by atoms with Gasteiger partial charge in [0.1, 0.15) is 11.6 Å². The van der Waals surface area contributed by atoms with Crippen LogP contribution in [-0.4, -0.2) is 80.8 Å². The van der Waals surface area contributed by atoms with Crippen LogP contribution in [0.5, 0.6) is 0 Å². The van der Waals surface area contributed by atoms with Crippen LogP contribution in [0.15, 0.2) is 12.7 Å². The topological polar surface area (TPSA) is 107 Å². The fourth-order valence-electron chi connectivity index (χ4n) is 6.74. The number of aliphatic hydroxyl groups excluding tert-OH is 1. The second-order valence-corrected chi connectivity index (χ2v) is 10.2. The molecule has 0 aromatic heterocycles. The van der Waals surface area contributed by atoms with E-state index in [1.165, 1.54) is 4.90 Å². The molecule has 32 heavy (non-hydrogen) atoms. The number of nitrogens with zero attached hydrogens (tertiary/aromatic N) is 2. The summed E-state index contributed by atoms with van der Waals surface area (Å²) in [5.41, 5.74) is -1.14. The van der Waals surface area contributed by atoms with Gasteiger partial charge in [-0.05, 0) is 31.6 Å². The lowest BCUT2D eigenvalue weighted by Gasteiger charge is -2.43. The molecule has 2 unspecified atom stereocenters. The number of carbonyl (C=O) groups excluding carboxylic acids is 2. The largest absolute Gasteiger partial charge is 0.481 e. The molecule has 0 aromatic carbocycles. The van der Waals surface area contributed by atoms with E-state index >= 15 is 0 Å². The fraction of sp³-hybridized carbons (Fsp3) is 0.792. The molecule has 8 nitrogen and oxygen atoms in total. The first-order chi connectivity index (χ1) is 15.3. The molecule has 3 heterocycles. The van der Waals surface area contributed by atoms with Crippen LogP contribution in [0.2, 0.25) is 0 Å². The Kier molecular flexibility index (Phi) is 6.38. The number of ether oxygens (including phenoxy) is 1. The molecule has 4 rings (SSSR count). The SMILES string of the molecule is C=CCN(C(=O)C1N([C@@H](CO)C(C)C)C(=O)[C@@H]2[C@@H](C(=O)O)[C@H]3CCC12O3)C1CCCCC1. The van der Waals surface area contributed by atoms with E-state index in [0.717, 1.165) is 32.1 Å². The minimum Gasteiger partial charge on any atom is -0.481 e. The second-order valence-electron chi connectivity index (χ2n) is 10.2. The van der Waals surface area contributed by atoms with E-state index in [1.807, 2.05) is 18.7 Å². The van der Waals surface area contributed by atoms with Crippen molar-refractivity contribution in [2.45, 2.75) is 88.6 Å². The molecule has 0 radical (unpaired) electrons. The van der Waals surface area contributed by atoms with Gasteiger partial charge >= 0.3 is 5.97 Å². The highest BCUT2D eigenvalue weighted by atomic mass is 16.5. The highest BCUT2D eigenvalue weighted by molar-refractivity contribution is 5.98. The van der Waals surface area contributed by atoms with Crippen LogP contribution in [0.1, 0.15) is 58.8 Å². The van der Waals surface area contributed by atoms with Gasteiger partial charge in [0.05, 0.1) is 30.6 Å². The van der Waals surface area contributed by atoms with Gasteiger partial charge in [-0.3, -0.25) is 14.4 Å².